The maximum Gasteiger partial charge on any atom is 0.262 e. The Balaban J connectivity index is 1.59. The van der Waals surface area contributed by atoms with Crippen LogP contribution in [0.2, 0.25) is 0 Å². The van der Waals surface area contributed by atoms with Gasteiger partial charge >= 0.3 is 0 Å². The SMILES string of the molecule is Cc1nc(S(=O)(=O)N2CCC(C(=O)Nc3ccc(C(C)C)cc3)CC2)cn1C. The van der Waals surface area contributed by atoms with Crippen molar-refractivity contribution < 1.29 is 13.2 Å². The molecular weight excluding hydrogens is 376 g/mol. The lowest BCUT2D eigenvalue weighted by molar-refractivity contribution is -0.120. The number of rotatable bonds is 5. The number of benzene rings is 1. The Labute approximate surface area is 166 Å². The summed E-state index contributed by atoms with van der Waals surface area (Å²) in [6.07, 6.45) is 2.53. The first-order chi connectivity index (χ1) is 13.2. The molecule has 3 rings (SSSR count). The van der Waals surface area contributed by atoms with Gasteiger partial charge in [0.05, 0.1) is 0 Å². The van der Waals surface area contributed by atoms with Gasteiger partial charge in [0, 0.05) is 37.9 Å². The number of sulfonamides is 1. The average molecular weight is 405 g/mol. The Bertz CT molecular complexity index is 921. The third-order valence-electron chi connectivity index (χ3n) is 5.36. The van der Waals surface area contributed by atoms with E-state index in [-0.39, 0.29) is 16.9 Å². The van der Waals surface area contributed by atoms with Crippen molar-refractivity contribution in [2.45, 2.75) is 44.6 Å². The van der Waals surface area contributed by atoms with Crippen LogP contribution in [0.5, 0.6) is 0 Å². The Morgan fingerprint density at radius 2 is 1.79 bits per heavy atom. The average Bonchev–Trinajstić information content (AvgIpc) is 3.02. The van der Waals surface area contributed by atoms with E-state index in [0.29, 0.717) is 37.7 Å². The quantitative estimate of drug-likeness (QED) is 0.830. The second-order valence-corrected chi connectivity index (χ2v) is 9.57. The van der Waals surface area contributed by atoms with Gasteiger partial charge in [0.2, 0.25) is 5.91 Å². The highest BCUT2D eigenvalue weighted by atomic mass is 32.2. The normalized spacial score (nSPS) is 16.5. The number of nitrogens with one attached hydrogen (secondary N) is 1. The first-order valence-corrected chi connectivity index (χ1v) is 11.0. The lowest BCUT2D eigenvalue weighted by Gasteiger charge is -2.30. The van der Waals surface area contributed by atoms with Gasteiger partial charge < -0.3 is 9.88 Å². The van der Waals surface area contributed by atoms with E-state index in [2.05, 4.69) is 24.1 Å². The van der Waals surface area contributed by atoms with E-state index in [1.165, 1.54) is 16.1 Å². The molecule has 0 radical (unpaired) electrons. The van der Waals surface area contributed by atoms with E-state index >= 15 is 0 Å². The predicted octanol–water partition coefficient (Wildman–Crippen LogP) is 2.89. The van der Waals surface area contributed by atoms with Gasteiger partial charge in [-0.1, -0.05) is 26.0 Å². The molecular formula is C20H28N4O3S. The van der Waals surface area contributed by atoms with E-state index < -0.39 is 10.0 Å². The number of amides is 1. The van der Waals surface area contributed by atoms with Crippen molar-refractivity contribution >= 4 is 21.6 Å². The fraction of sp³-hybridized carbons (Fsp3) is 0.500. The van der Waals surface area contributed by atoms with Crippen LogP contribution in [0.4, 0.5) is 5.69 Å². The second-order valence-electron chi connectivity index (χ2n) is 7.68. The molecule has 28 heavy (non-hydrogen) atoms. The Hall–Kier alpha value is -2.19. The summed E-state index contributed by atoms with van der Waals surface area (Å²) in [7, 11) is -1.85. The van der Waals surface area contributed by atoms with Crippen molar-refractivity contribution in [2.24, 2.45) is 13.0 Å². The number of nitrogens with zero attached hydrogens (tertiary/aromatic N) is 3. The first-order valence-electron chi connectivity index (χ1n) is 9.59. The Kier molecular flexibility index (Phi) is 5.90. The molecule has 1 aliphatic heterocycles. The minimum Gasteiger partial charge on any atom is -0.337 e. The van der Waals surface area contributed by atoms with Crippen LogP contribution in [0, 0.1) is 12.8 Å². The number of hydrogen-bond acceptors (Lipinski definition) is 4. The molecule has 1 aromatic heterocycles. The number of anilines is 1. The van der Waals surface area contributed by atoms with Crippen LogP contribution in [0.1, 0.15) is 44.0 Å². The summed E-state index contributed by atoms with van der Waals surface area (Å²) in [5.74, 6) is 0.847. The van der Waals surface area contributed by atoms with Gasteiger partial charge in [0.1, 0.15) is 5.82 Å². The van der Waals surface area contributed by atoms with Gasteiger partial charge in [-0.2, -0.15) is 4.31 Å². The van der Waals surface area contributed by atoms with Gasteiger partial charge in [-0.3, -0.25) is 4.79 Å². The van der Waals surface area contributed by atoms with Crippen LogP contribution < -0.4 is 5.32 Å². The molecule has 8 heteroatoms. The van der Waals surface area contributed by atoms with Crippen LogP contribution in [0.15, 0.2) is 35.5 Å². The molecule has 7 nitrogen and oxygen atoms in total. The topological polar surface area (TPSA) is 84.3 Å². The molecule has 1 N–H and O–H groups in total. The van der Waals surface area contributed by atoms with Gasteiger partial charge in [0.25, 0.3) is 10.0 Å². The van der Waals surface area contributed by atoms with Gasteiger partial charge in [-0.05, 0) is 43.4 Å². The van der Waals surface area contributed by atoms with Crippen molar-refractivity contribution in [1.82, 2.24) is 13.9 Å². The number of piperidine rings is 1. The molecule has 152 valence electrons. The monoisotopic (exact) mass is 404 g/mol. The van der Waals surface area contributed by atoms with Crippen LogP contribution in [0.3, 0.4) is 0 Å². The van der Waals surface area contributed by atoms with Crippen molar-refractivity contribution in [2.75, 3.05) is 18.4 Å². The number of aromatic nitrogens is 2. The zero-order valence-electron chi connectivity index (χ0n) is 16.8. The zero-order chi connectivity index (χ0) is 20.5. The molecule has 1 fully saturated rings. The smallest absolute Gasteiger partial charge is 0.262 e. The maximum absolute atomic E-state index is 12.8. The summed E-state index contributed by atoms with van der Waals surface area (Å²) in [5.41, 5.74) is 2.00. The first kappa shape index (κ1) is 20.5. The second kappa shape index (κ2) is 8.05. The third-order valence-corrected chi connectivity index (χ3v) is 7.13. The molecule has 1 aliphatic rings. The minimum absolute atomic E-state index is 0.0528. The van der Waals surface area contributed by atoms with E-state index in [1.807, 2.05) is 24.3 Å². The van der Waals surface area contributed by atoms with Gasteiger partial charge in [-0.15, -0.1) is 0 Å². The summed E-state index contributed by atoms with van der Waals surface area (Å²) in [4.78, 5) is 16.7. The number of carbonyl (C=O) groups excluding carboxylic acids is 1. The number of imidazole rings is 1. The largest absolute Gasteiger partial charge is 0.337 e. The molecule has 2 heterocycles. The van der Waals surface area contributed by atoms with Crippen LogP contribution >= 0.6 is 0 Å². The lowest BCUT2D eigenvalue weighted by Crippen LogP contribution is -2.41. The standard InChI is InChI=1S/C20H28N4O3S/c1-14(2)16-5-7-18(8-6-16)22-20(25)17-9-11-24(12-10-17)28(26,27)19-13-23(4)15(3)21-19/h5-8,13-14,17H,9-12H2,1-4H3,(H,22,25). The summed E-state index contributed by atoms with van der Waals surface area (Å²) < 4.78 is 28.6. The van der Waals surface area contributed by atoms with Gasteiger partial charge in [-0.25, -0.2) is 13.4 Å². The fourth-order valence-corrected chi connectivity index (χ4v) is 4.83. The van der Waals surface area contributed by atoms with Crippen LogP contribution in [-0.2, 0) is 21.9 Å². The predicted molar refractivity (Wildman–Crippen MR) is 109 cm³/mol. The molecule has 2 aromatic rings. The molecule has 0 saturated carbocycles. The highest BCUT2D eigenvalue weighted by molar-refractivity contribution is 7.89. The Morgan fingerprint density at radius 3 is 2.29 bits per heavy atom. The number of carbonyl (C=O) groups is 1. The minimum atomic E-state index is -3.61. The van der Waals surface area contributed by atoms with Gasteiger partial charge in [0.15, 0.2) is 5.03 Å². The third kappa shape index (κ3) is 4.28. The molecule has 1 saturated heterocycles. The van der Waals surface area contributed by atoms with Crippen molar-refractivity contribution in [3.8, 4) is 0 Å². The van der Waals surface area contributed by atoms with Crippen LogP contribution in [-0.4, -0.2) is 41.3 Å². The molecule has 0 unspecified atom stereocenters. The summed E-state index contributed by atoms with van der Waals surface area (Å²) in [5, 5.41) is 3.02. The highest BCUT2D eigenvalue weighted by Gasteiger charge is 2.33. The summed E-state index contributed by atoms with van der Waals surface area (Å²) in [6.45, 7) is 6.66. The Morgan fingerprint density at radius 1 is 1.18 bits per heavy atom. The highest BCUT2D eigenvalue weighted by Crippen LogP contribution is 2.25. The zero-order valence-corrected chi connectivity index (χ0v) is 17.7. The summed E-state index contributed by atoms with van der Waals surface area (Å²) in [6, 6.07) is 7.86. The van der Waals surface area contributed by atoms with E-state index in [4.69, 9.17) is 0 Å². The van der Waals surface area contributed by atoms with Crippen molar-refractivity contribution in [3.05, 3.63) is 41.9 Å². The van der Waals surface area contributed by atoms with E-state index in [1.54, 1.807) is 18.5 Å². The number of hydrogen-bond donors (Lipinski definition) is 1. The molecule has 0 bridgehead atoms. The van der Waals surface area contributed by atoms with E-state index in [0.717, 1.165) is 5.69 Å². The molecule has 1 amide bonds. The van der Waals surface area contributed by atoms with E-state index in [9.17, 15) is 13.2 Å². The fourth-order valence-electron chi connectivity index (χ4n) is 3.34. The molecule has 1 aromatic carbocycles. The molecule has 0 aliphatic carbocycles. The van der Waals surface area contributed by atoms with Crippen molar-refractivity contribution in [1.29, 1.82) is 0 Å². The number of aryl methyl sites for hydroxylation is 2. The van der Waals surface area contributed by atoms with Crippen LogP contribution in [0.25, 0.3) is 0 Å². The lowest BCUT2D eigenvalue weighted by atomic mass is 9.97. The summed E-state index contributed by atoms with van der Waals surface area (Å²) >= 11 is 0. The maximum atomic E-state index is 12.8. The molecule has 0 spiro atoms. The van der Waals surface area contributed by atoms with Crippen molar-refractivity contribution in [3.63, 3.8) is 0 Å². The molecule has 0 atom stereocenters.